The van der Waals surface area contributed by atoms with Crippen LogP contribution in [0.3, 0.4) is 0 Å². The van der Waals surface area contributed by atoms with Crippen LogP contribution < -0.4 is 14.7 Å². The molecule has 2 rings (SSSR count). The molecule has 0 aliphatic carbocycles. The van der Waals surface area contributed by atoms with Gasteiger partial charge in [0.15, 0.2) is 12.4 Å². The molecule has 0 atom stereocenters. The molecule has 0 bridgehead atoms. The third kappa shape index (κ3) is 4.86. The second-order valence-electron chi connectivity index (χ2n) is 4.46. The Morgan fingerprint density at radius 3 is 2.77 bits per heavy atom. The molecular formula is C17H18N3O2+. The van der Waals surface area contributed by atoms with Crippen LogP contribution in [0.2, 0.25) is 0 Å². The van der Waals surface area contributed by atoms with Gasteiger partial charge in [-0.3, -0.25) is 4.79 Å². The van der Waals surface area contributed by atoms with E-state index in [-0.39, 0.29) is 12.5 Å². The second-order valence-corrected chi connectivity index (χ2v) is 4.46. The highest BCUT2D eigenvalue weighted by molar-refractivity contribution is 5.81. The van der Waals surface area contributed by atoms with Gasteiger partial charge in [-0.2, -0.15) is 9.67 Å². The van der Waals surface area contributed by atoms with Crippen molar-refractivity contribution in [2.45, 2.75) is 6.54 Å². The van der Waals surface area contributed by atoms with E-state index >= 15 is 0 Å². The fourth-order valence-corrected chi connectivity index (χ4v) is 1.84. The summed E-state index contributed by atoms with van der Waals surface area (Å²) in [7, 11) is 1.63. The molecule has 112 valence electrons. The number of ether oxygens (including phenoxy) is 1. The number of hydrazone groups is 1. The summed E-state index contributed by atoms with van der Waals surface area (Å²) in [6.07, 6.45) is 8.78. The van der Waals surface area contributed by atoms with Crippen molar-refractivity contribution < 1.29 is 14.1 Å². The number of carbonyl (C=O) groups is 1. The van der Waals surface area contributed by atoms with Gasteiger partial charge in [0.2, 0.25) is 6.54 Å². The number of para-hydroxylation sites is 1. The van der Waals surface area contributed by atoms with Crippen molar-refractivity contribution in [3.63, 3.8) is 0 Å². The molecule has 5 nitrogen and oxygen atoms in total. The average Bonchev–Trinajstić information content (AvgIpc) is 2.56. The predicted molar refractivity (Wildman–Crippen MR) is 85.3 cm³/mol. The highest BCUT2D eigenvalue weighted by atomic mass is 16.5. The Balaban J connectivity index is 1.83. The molecule has 0 fully saturated rings. The molecule has 1 amide bonds. The molecule has 5 heteroatoms. The normalized spacial score (nSPS) is 11.0. The topological polar surface area (TPSA) is 54.6 Å². The average molecular weight is 296 g/mol. The number of allylic oxidation sites excluding steroid dienone is 1. The fourth-order valence-electron chi connectivity index (χ4n) is 1.84. The van der Waals surface area contributed by atoms with Crippen molar-refractivity contribution in [2.24, 2.45) is 5.10 Å². The number of nitrogens with zero attached hydrogens (tertiary/aromatic N) is 2. The number of aromatic nitrogens is 1. The van der Waals surface area contributed by atoms with E-state index in [1.54, 1.807) is 17.8 Å². The highest BCUT2D eigenvalue weighted by Gasteiger charge is 2.06. The van der Waals surface area contributed by atoms with Gasteiger partial charge in [-0.25, -0.2) is 5.43 Å². The lowest BCUT2D eigenvalue weighted by molar-refractivity contribution is -0.684. The molecule has 0 unspecified atom stereocenters. The first-order valence-corrected chi connectivity index (χ1v) is 6.85. The molecule has 1 heterocycles. The Morgan fingerprint density at radius 1 is 1.23 bits per heavy atom. The Labute approximate surface area is 129 Å². The van der Waals surface area contributed by atoms with Crippen LogP contribution in [0.1, 0.15) is 5.56 Å². The first kappa shape index (κ1) is 15.4. The number of nitrogens with one attached hydrogen (secondary N) is 1. The Kier molecular flexibility index (Phi) is 5.87. The number of benzene rings is 1. The van der Waals surface area contributed by atoms with E-state index in [1.807, 2.05) is 60.9 Å². The zero-order chi connectivity index (χ0) is 15.6. The number of amides is 1. The van der Waals surface area contributed by atoms with Gasteiger partial charge in [0.25, 0.3) is 0 Å². The minimum Gasteiger partial charge on any atom is -0.496 e. The van der Waals surface area contributed by atoms with E-state index in [9.17, 15) is 4.79 Å². The number of methoxy groups -OCH3 is 1. The number of hydrogen-bond acceptors (Lipinski definition) is 3. The highest BCUT2D eigenvalue weighted by Crippen LogP contribution is 2.18. The molecule has 0 radical (unpaired) electrons. The molecule has 0 spiro atoms. The first-order chi connectivity index (χ1) is 10.8. The molecule has 1 aromatic heterocycles. The van der Waals surface area contributed by atoms with Crippen LogP contribution in [-0.4, -0.2) is 19.2 Å². The molecular weight excluding hydrogens is 278 g/mol. The first-order valence-electron chi connectivity index (χ1n) is 6.85. The third-order valence-corrected chi connectivity index (χ3v) is 2.87. The summed E-state index contributed by atoms with van der Waals surface area (Å²) >= 11 is 0. The van der Waals surface area contributed by atoms with Crippen LogP contribution in [0.4, 0.5) is 0 Å². The number of pyridine rings is 1. The molecule has 0 aliphatic rings. The number of rotatable bonds is 6. The van der Waals surface area contributed by atoms with Crippen molar-refractivity contribution in [3.8, 4) is 5.75 Å². The maximum absolute atomic E-state index is 11.7. The maximum atomic E-state index is 11.7. The minimum absolute atomic E-state index is 0.182. The van der Waals surface area contributed by atoms with Crippen LogP contribution in [0, 0.1) is 0 Å². The summed E-state index contributed by atoms with van der Waals surface area (Å²) < 4.78 is 7.01. The van der Waals surface area contributed by atoms with Crippen molar-refractivity contribution >= 4 is 18.2 Å². The summed E-state index contributed by atoms with van der Waals surface area (Å²) in [6, 6.07) is 13.3. The molecule has 2 aromatic rings. The summed E-state index contributed by atoms with van der Waals surface area (Å²) in [5.74, 6) is 0.606. The number of carbonyl (C=O) groups excluding carboxylic acids is 1. The zero-order valence-corrected chi connectivity index (χ0v) is 12.3. The zero-order valence-electron chi connectivity index (χ0n) is 12.3. The summed E-state index contributed by atoms with van der Waals surface area (Å²) in [4.78, 5) is 11.7. The molecule has 1 aromatic carbocycles. The Bertz CT molecular complexity index is 667. The van der Waals surface area contributed by atoms with Crippen molar-refractivity contribution in [1.29, 1.82) is 0 Å². The van der Waals surface area contributed by atoms with E-state index in [1.165, 1.54) is 6.21 Å². The van der Waals surface area contributed by atoms with Crippen LogP contribution >= 0.6 is 0 Å². The van der Waals surface area contributed by atoms with Gasteiger partial charge in [0, 0.05) is 23.9 Å². The Morgan fingerprint density at radius 2 is 2.00 bits per heavy atom. The van der Waals surface area contributed by atoms with E-state index in [2.05, 4.69) is 10.5 Å². The van der Waals surface area contributed by atoms with Gasteiger partial charge in [0.05, 0.1) is 7.11 Å². The van der Waals surface area contributed by atoms with E-state index in [0.29, 0.717) is 0 Å². The smallest absolute Gasteiger partial charge is 0.305 e. The quantitative estimate of drug-likeness (QED) is 0.502. The fraction of sp³-hybridized carbons (Fsp3) is 0.118. The van der Waals surface area contributed by atoms with Gasteiger partial charge in [-0.05, 0) is 18.2 Å². The van der Waals surface area contributed by atoms with Crippen molar-refractivity contribution in [1.82, 2.24) is 5.43 Å². The predicted octanol–water partition coefficient (Wildman–Crippen LogP) is 1.80. The summed E-state index contributed by atoms with van der Waals surface area (Å²) in [5.41, 5.74) is 3.42. The molecule has 1 N–H and O–H groups in total. The van der Waals surface area contributed by atoms with Gasteiger partial charge >= 0.3 is 5.91 Å². The van der Waals surface area contributed by atoms with Crippen LogP contribution in [0.5, 0.6) is 5.75 Å². The van der Waals surface area contributed by atoms with Gasteiger partial charge in [-0.1, -0.05) is 24.3 Å². The molecule has 22 heavy (non-hydrogen) atoms. The lowest BCUT2D eigenvalue weighted by Gasteiger charge is -2.02. The monoisotopic (exact) mass is 296 g/mol. The van der Waals surface area contributed by atoms with Crippen LogP contribution in [0.15, 0.2) is 66.0 Å². The lowest BCUT2D eigenvalue weighted by Crippen LogP contribution is -2.40. The van der Waals surface area contributed by atoms with E-state index < -0.39 is 0 Å². The standard InChI is InChI=1S/C17H17N3O2/c1-22-16-10-4-3-8-15(16)9-7-11-18-19-17(21)14-20-12-5-2-6-13-20/h2-13H,14H2,1H3/p+1/b9-7+,18-11-. The SMILES string of the molecule is COc1ccccc1/C=C/C=N\NC(=O)C[n+]1ccccc1. The van der Waals surface area contributed by atoms with Crippen molar-refractivity contribution in [2.75, 3.05) is 7.11 Å². The van der Waals surface area contributed by atoms with Gasteiger partial charge in [0.1, 0.15) is 5.75 Å². The number of hydrogen-bond donors (Lipinski definition) is 1. The maximum Gasteiger partial charge on any atom is 0.305 e. The largest absolute Gasteiger partial charge is 0.496 e. The lowest BCUT2D eigenvalue weighted by atomic mass is 10.2. The Hall–Kier alpha value is -2.95. The summed E-state index contributed by atoms with van der Waals surface area (Å²) in [5, 5.41) is 3.87. The van der Waals surface area contributed by atoms with Crippen molar-refractivity contribution in [3.05, 3.63) is 66.5 Å². The van der Waals surface area contributed by atoms with Crippen LogP contribution in [-0.2, 0) is 11.3 Å². The van der Waals surface area contributed by atoms with Crippen LogP contribution in [0.25, 0.3) is 6.08 Å². The second kappa shape index (κ2) is 8.36. The van der Waals surface area contributed by atoms with Gasteiger partial charge in [-0.15, -0.1) is 0 Å². The third-order valence-electron chi connectivity index (χ3n) is 2.87. The molecule has 0 aliphatic heterocycles. The summed E-state index contributed by atoms with van der Waals surface area (Å²) in [6.45, 7) is 0.231. The van der Waals surface area contributed by atoms with E-state index in [0.717, 1.165) is 11.3 Å². The van der Waals surface area contributed by atoms with E-state index in [4.69, 9.17) is 4.74 Å². The molecule has 0 saturated carbocycles. The minimum atomic E-state index is -0.182. The van der Waals surface area contributed by atoms with Gasteiger partial charge < -0.3 is 4.74 Å². The molecule has 0 saturated heterocycles.